The predicted octanol–water partition coefficient (Wildman–Crippen LogP) is 1.52. The number of rotatable bonds is 8. The molecule has 2 aromatic rings. The third kappa shape index (κ3) is 5.21. The molecule has 8 heteroatoms. The number of carbonyl (C=O) groups is 1. The van der Waals surface area contributed by atoms with Crippen LogP contribution in [0.2, 0.25) is 0 Å². The average Bonchev–Trinajstić information content (AvgIpc) is 3.28. The van der Waals surface area contributed by atoms with E-state index in [0.29, 0.717) is 24.7 Å². The van der Waals surface area contributed by atoms with E-state index in [1.54, 1.807) is 7.11 Å². The Morgan fingerprint density at radius 2 is 2.08 bits per heavy atom. The molecule has 3 rings (SSSR count). The van der Waals surface area contributed by atoms with Gasteiger partial charge in [-0.15, -0.1) is 12.4 Å². The molecule has 0 spiro atoms. The summed E-state index contributed by atoms with van der Waals surface area (Å²) in [5.74, 6) is 2.75. The van der Waals surface area contributed by atoms with Gasteiger partial charge in [-0.05, 0) is 49.6 Å². The van der Waals surface area contributed by atoms with Crippen molar-refractivity contribution in [1.29, 1.82) is 0 Å². The monoisotopic (exact) mass is 351 g/mol. The van der Waals surface area contributed by atoms with E-state index in [-0.39, 0.29) is 18.3 Å². The Kier molecular flexibility index (Phi) is 6.57. The van der Waals surface area contributed by atoms with Crippen LogP contribution in [0.1, 0.15) is 18.7 Å². The van der Waals surface area contributed by atoms with Crippen molar-refractivity contribution in [1.82, 2.24) is 25.8 Å². The first-order chi connectivity index (χ1) is 11.2. The fourth-order valence-corrected chi connectivity index (χ4v) is 2.20. The summed E-state index contributed by atoms with van der Waals surface area (Å²) in [6.45, 7) is 1.61. The molecule has 0 unspecified atom stereocenters. The maximum absolute atomic E-state index is 11.7. The highest BCUT2D eigenvalue weighted by Crippen LogP contribution is 2.27. The van der Waals surface area contributed by atoms with Crippen LogP contribution in [-0.2, 0) is 11.3 Å². The van der Waals surface area contributed by atoms with Gasteiger partial charge in [0, 0.05) is 5.56 Å². The summed E-state index contributed by atoms with van der Waals surface area (Å²) < 4.78 is 5.12. The molecule has 24 heavy (non-hydrogen) atoms. The van der Waals surface area contributed by atoms with Gasteiger partial charge in [-0.1, -0.05) is 0 Å². The summed E-state index contributed by atoms with van der Waals surface area (Å²) in [5.41, 5.74) is 0.894. The number of amides is 1. The van der Waals surface area contributed by atoms with Crippen LogP contribution in [0.3, 0.4) is 0 Å². The first-order valence-electron chi connectivity index (χ1n) is 7.77. The van der Waals surface area contributed by atoms with Crippen molar-refractivity contribution in [2.24, 2.45) is 5.92 Å². The summed E-state index contributed by atoms with van der Waals surface area (Å²) >= 11 is 0. The fraction of sp³-hybridized carbons (Fsp3) is 0.438. The van der Waals surface area contributed by atoms with Crippen molar-refractivity contribution in [3.63, 3.8) is 0 Å². The van der Waals surface area contributed by atoms with E-state index >= 15 is 0 Å². The molecule has 0 saturated heterocycles. The summed E-state index contributed by atoms with van der Waals surface area (Å²) in [7, 11) is 1.63. The number of hydrogen-bond donors (Lipinski definition) is 3. The number of halogens is 1. The molecule has 0 aliphatic heterocycles. The lowest BCUT2D eigenvalue weighted by Gasteiger charge is -2.04. The van der Waals surface area contributed by atoms with Crippen molar-refractivity contribution in [3.8, 4) is 17.1 Å². The molecular weight excluding hydrogens is 330 g/mol. The Labute approximate surface area is 147 Å². The van der Waals surface area contributed by atoms with Crippen LogP contribution >= 0.6 is 12.4 Å². The minimum atomic E-state index is -0.0342. The molecule has 1 aliphatic rings. The zero-order valence-corrected chi connectivity index (χ0v) is 14.4. The van der Waals surface area contributed by atoms with Crippen molar-refractivity contribution < 1.29 is 9.53 Å². The number of nitrogens with zero attached hydrogens (tertiary/aromatic N) is 2. The van der Waals surface area contributed by atoms with Gasteiger partial charge in [0.15, 0.2) is 5.82 Å². The van der Waals surface area contributed by atoms with Gasteiger partial charge in [0.1, 0.15) is 11.6 Å². The topological polar surface area (TPSA) is 91.9 Å². The Bertz CT molecular complexity index is 655. The Morgan fingerprint density at radius 1 is 1.33 bits per heavy atom. The average molecular weight is 352 g/mol. The van der Waals surface area contributed by atoms with Gasteiger partial charge in [0.2, 0.25) is 5.91 Å². The third-order valence-electron chi connectivity index (χ3n) is 3.75. The van der Waals surface area contributed by atoms with Crippen molar-refractivity contribution in [2.45, 2.75) is 19.4 Å². The van der Waals surface area contributed by atoms with Gasteiger partial charge in [0.05, 0.1) is 20.2 Å². The highest BCUT2D eigenvalue weighted by Gasteiger charge is 2.20. The van der Waals surface area contributed by atoms with Gasteiger partial charge >= 0.3 is 0 Å². The predicted molar refractivity (Wildman–Crippen MR) is 93.1 cm³/mol. The van der Waals surface area contributed by atoms with E-state index in [1.165, 1.54) is 12.8 Å². The lowest BCUT2D eigenvalue weighted by molar-refractivity contribution is -0.120. The van der Waals surface area contributed by atoms with Gasteiger partial charge < -0.3 is 15.4 Å². The van der Waals surface area contributed by atoms with E-state index in [2.05, 4.69) is 25.8 Å². The number of hydrogen-bond acceptors (Lipinski definition) is 5. The number of methoxy groups -OCH3 is 1. The first kappa shape index (κ1) is 18.2. The van der Waals surface area contributed by atoms with E-state index in [1.807, 2.05) is 24.3 Å². The molecule has 3 N–H and O–H groups in total. The summed E-state index contributed by atoms with van der Waals surface area (Å²) in [6.07, 6.45) is 2.56. The van der Waals surface area contributed by atoms with E-state index in [9.17, 15) is 4.79 Å². The van der Waals surface area contributed by atoms with E-state index in [4.69, 9.17) is 4.74 Å². The van der Waals surface area contributed by atoms with Crippen LogP contribution in [0.5, 0.6) is 5.75 Å². The molecule has 1 aromatic heterocycles. The normalized spacial score (nSPS) is 13.2. The second-order valence-corrected chi connectivity index (χ2v) is 5.69. The molecule has 1 heterocycles. The first-order valence-corrected chi connectivity index (χ1v) is 7.77. The maximum atomic E-state index is 11.7. The molecule has 1 aromatic carbocycles. The van der Waals surface area contributed by atoms with Gasteiger partial charge in [0.25, 0.3) is 0 Å². The van der Waals surface area contributed by atoms with Crippen molar-refractivity contribution in [3.05, 3.63) is 30.1 Å². The van der Waals surface area contributed by atoms with E-state index in [0.717, 1.165) is 23.8 Å². The molecular formula is C16H22ClN5O2. The van der Waals surface area contributed by atoms with Crippen molar-refractivity contribution in [2.75, 3.05) is 20.2 Å². The van der Waals surface area contributed by atoms with Crippen LogP contribution in [0.4, 0.5) is 0 Å². The molecule has 0 bridgehead atoms. The Balaban J connectivity index is 0.00000208. The van der Waals surface area contributed by atoms with Crippen LogP contribution < -0.4 is 15.4 Å². The number of H-pyrrole nitrogens is 1. The lowest BCUT2D eigenvalue weighted by atomic mass is 10.2. The molecule has 1 aliphatic carbocycles. The molecule has 1 fully saturated rings. The van der Waals surface area contributed by atoms with Crippen LogP contribution in [0, 0.1) is 5.92 Å². The lowest BCUT2D eigenvalue weighted by Crippen LogP contribution is -2.34. The van der Waals surface area contributed by atoms with Gasteiger partial charge in [-0.25, -0.2) is 4.98 Å². The minimum absolute atomic E-state index is 0. The van der Waals surface area contributed by atoms with Crippen LogP contribution in [-0.4, -0.2) is 41.3 Å². The van der Waals surface area contributed by atoms with Gasteiger partial charge in [-0.3, -0.25) is 9.89 Å². The number of ether oxygens (including phenoxy) is 1. The summed E-state index contributed by atoms with van der Waals surface area (Å²) in [5, 5.41) is 13.0. The maximum Gasteiger partial charge on any atom is 0.234 e. The number of nitrogens with one attached hydrogen (secondary N) is 3. The Morgan fingerprint density at radius 3 is 2.75 bits per heavy atom. The molecule has 1 saturated carbocycles. The van der Waals surface area contributed by atoms with Crippen LogP contribution in [0.25, 0.3) is 11.4 Å². The second-order valence-electron chi connectivity index (χ2n) is 5.69. The van der Waals surface area contributed by atoms with Gasteiger partial charge in [-0.2, -0.15) is 5.10 Å². The number of benzene rings is 1. The minimum Gasteiger partial charge on any atom is -0.497 e. The summed E-state index contributed by atoms with van der Waals surface area (Å²) in [6, 6.07) is 7.51. The molecule has 7 nitrogen and oxygen atoms in total. The highest BCUT2D eigenvalue weighted by atomic mass is 35.5. The smallest absolute Gasteiger partial charge is 0.234 e. The molecule has 0 atom stereocenters. The third-order valence-corrected chi connectivity index (χ3v) is 3.75. The largest absolute Gasteiger partial charge is 0.497 e. The molecule has 130 valence electrons. The quantitative estimate of drug-likeness (QED) is 0.670. The number of aromatic amines is 1. The number of carbonyl (C=O) groups excluding carboxylic acids is 1. The second kappa shape index (κ2) is 8.65. The van der Waals surface area contributed by atoms with Crippen LogP contribution in [0.15, 0.2) is 24.3 Å². The Hall–Kier alpha value is -2.12. The fourth-order valence-electron chi connectivity index (χ4n) is 2.20. The summed E-state index contributed by atoms with van der Waals surface area (Å²) in [4.78, 5) is 16.1. The molecule has 1 amide bonds. The molecule has 0 radical (unpaired) electrons. The zero-order chi connectivity index (χ0) is 16.1. The van der Waals surface area contributed by atoms with Crippen molar-refractivity contribution >= 4 is 18.3 Å². The highest BCUT2D eigenvalue weighted by molar-refractivity contribution is 5.85. The standard InChI is InChI=1S/C16H21N5O2.ClH/c1-23-13-6-4-12(5-7-13)16-19-14(20-21-16)9-18-15(22)10-17-8-11-2-3-11;/h4-7,11,17H,2-3,8-10H2,1H3,(H,18,22)(H,19,20,21);1H. The zero-order valence-electron chi connectivity index (χ0n) is 13.5. The number of aromatic nitrogens is 3. The van der Waals surface area contributed by atoms with E-state index < -0.39 is 0 Å². The SMILES string of the molecule is COc1ccc(-c2n[nH]c(CNC(=O)CNCC3CC3)n2)cc1.Cl.